The lowest BCUT2D eigenvalue weighted by Crippen LogP contribution is -2.23. The highest BCUT2D eigenvalue weighted by molar-refractivity contribution is 5.98. The van der Waals surface area contributed by atoms with Gasteiger partial charge in [0.25, 0.3) is 11.6 Å². The zero-order chi connectivity index (χ0) is 14.6. The second kappa shape index (κ2) is 6.03. The summed E-state index contributed by atoms with van der Waals surface area (Å²) in [6.45, 7) is 2.21. The van der Waals surface area contributed by atoms with Crippen LogP contribution in [0.3, 0.4) is 0 Å². The van der Waals surface area contributed by atoms with E-state index in [1.165, 1.54) is 19.2 Å². The SMILES string of the molecule is CCNC(=O)c1cc([N+](=O)[O-])c(N(C)C)cc1OC. The molecule has 0 radical (unpaired) electrons. The molecular formula is C12H17N3O4. The predicted octanol–water partition coefficient (Wildman–Crippen LogP) is 1.42. The molecule has 0 bridgehead atoms. The number of carbonyl (C=O) groups is 1. The molecule has 1 N–H and O–H groups in total. The molecule has 104 valence electrons. The Labute approximate surface area is 111 Å². The van der Waals surface area contributed by atoms with Gasteiger partial charge in [-0.1, -0.05) is 0 Å². The zero-order valence-corrected chi connectivity index (χ0v) is 11.4. The van der Waals surface area contributed by atoms with Crippen molar-refractivity contribution in [2.45, 2.75) is 6.92 Å². The number of methoxy groups -OCH3 is 1. The van der Waals surface area contributed by atoms with Gasteiger partial charge in [0, 0.05) is 32.8 Å². The van der Waals surface area contributed by atoms with Gasteiger partial charge in [0.15, 0.2) is 0 Å². The van der Waals surface area contributed by atoms with E-state index in [1.54, 1.807) is 25.9 Å². The van der Waals surface area contributed by atoms with Crippen LogP contribution in [0.2, 0.25) is 0 Å². The van der Waals surface area contributed by atoms with Crippen molar-refractivity contribution in [3.05, 3.63) is 27.8 Å². The summed E-state index contributed by atoms with van der Waals surface area (Å²) in [5.41, 5.74) is 0.406. The van der Waals surface area contributed by atoms with Gasteiger partial charge in [-0.05, 0) is 6.92 Å². The first-order valence-electron chi connectivity index (χ1n) is 5.74. The van der Waals surface area contributed by atoms with E-state index in [4.69, 9.17) is 4.74 Å². The van der Waals surface area contributed by atoms with Crippen LogP contribution >= 0.6 is 0 Å². The maximum atomic E-state index is 11.9. The van der Waals surface area contributed by atoms with Crippen molar-refractivity contribution in [1.29, 1.82) is 0 Å². The number of rotatable bonds is 5. The first-order valence-corrected chi connectivity index (χ1v) is 5.74. The van der Waals surface area contributed by atoms with E-state index < -0.39 is 10.8 Å². The van der Waals surface area contributed by atoms with Gasteiger partial charge in [0.2, 0.25) is 0 Å². The van der Waals surface area contributed by atoms with Gasteiger partial charge in [0.1, 0.15) is 11.4 Å². The lowest BCUT2D eigenvalue weighted by molar-refractivity contribution is -0.384. The largest absolute Gasteiger partial charge is 0.496 e. The summed E-state index contributed by atoms with van der Waals surface area (Å²) in [5.74, 6) is -0.0898. The Morgan fingerprint density at radius 3 is 2.53 bits per heavy atom. The summed E-state index contributed by atoms with van der Waals surface area (Å²) in [4.78, 5) is 24.0. The highest BCUT2D eigenvalue weighted by Crippen LogP contribution is 2.34. The van der Waals surface area contributed by atoms with Crippen LogP contribution in [-0.2, 0) is 0 Å². The Bertz CT molecular complexity index is 500. The van der Waals surface area contributed by atoms with Crippen LogP contribution in [0.5, 0.6) is 5.75 Å². The molecular weight excluding hydrogens is 250 g/mol. The summed E-state index contributed by atoms with van der Waals surface area (Å²) in [7, 11) is 4.80. The maximum absolute atomic E-state index is 11.9. The lowest BCUT2D eigenvalue weighted by atomic mass is 10.1. The van der Waals surface area contributed by atoms with E-state index in [0.717, 1.165) is 0 Å². The number of nitro groups is 1. The minimum Gasteiger partial charge on any atom is -0.496 e. The van der Waals surface area contributed by atoms with Crippen LogP contribution in [-0.4, -0.2) is 38.6 Å². The van der Waals surface area contributed by atoms with Gasteiger partial charge in [-0.25, -0.2) is 0 Å². The molecule has 0 aromatic heterocycles. The predicted molar refractivity (Wildman–Crippen MR) is 72.0 cm³/mol. The van der Waals surface area contributed by atoms with Gasteiger partial charge >= 0.3 is 0 Å². The number of amides is 1. The van der Waals surface area contributed by atoms with Gasteiger partial charge in [-0.15, -0.1) is 0 Å². The Morgan fingerprint density at radius 1 is 1.47 bits per heavy atom. The molecule has 1 amide bonds. The highest BCUT2D eigenvalue weighted by atomic mass is 16.6. The lowest BCUT2D eigenvalue weighted by Gasteiger charge is -2.16. The third-order valence-electron chi connectivity index (χ3n) is 2.56. The fraction of sp³-hybridized carbons (Fsp3) is 0.417. The fourth-order valence-corrected chi connectivity index (χ4v) is 1.66. The smallest absolute Gasteiger partial charge is 0.293 e. The van der Waals surface area contributed by atoms with Crippen molar-refractivity contribution < 1.29 is 14.5 Å². The van der Waals surface area contributed by atoms with E-state index in [1.807, 2.05) is 0 Å². The maximum Gasteiger partial charge on any atom is 0.293 e. The molecule has 0 saturated heterocycles. The molecule has 0 unspecified atom stereocenters. The van der Waals surface area contributed by atoms with E-state index in [9.17, 15) is 14.9 Å². The average Bonchev–Trinajstić information content (AvgIpc) is 2.37. The number of nitrogens with one attached hydrogen (secondary N) is 1. The molecule has 1 aromatic carbocycles. The molecule has 0 aliphatic carbocycles. The Hall–Kier alpha value is -2.31. The monoisotopic (exact) mass is 267 g/mol. The Kier molecular flexibility index (Phi) is 4.68. The molecule has 1 aromatic rings. The molecule has 7 heteroatoms. The van der Waals surface area contributed by atoms with Gasteiger partial charge in [-0.2, -0.15) is 0 Å². The standard InChI is InChI=1S/C12H17N3O4/c1-5-13-12(16)8-6-10(15(17)18)9(14(2)3)7-11(8)19-4/h6-7H,5H2,1-4H3,(H,13,16). The first kappa shape index (κ1) is 14.7. The summed E-state index contributed by atoms with van der Waals surface area (Å²) in [6, 6.07) is 2.72. The van der Waals surface area contributed by atoms with E-state index in [0.29, 0.717) is 18.0 Å². The highest BCUT2D eigenvalue weighted by Gasteiger charge is 2.23. The molecule has 0 spiro atoms. The number of carbonyl (C=O) groups excluding carboxylic acids is 1. The zero-order valence-electron chi connectivity index (χ0n) is 11.4. The summed E-state index contributed by atoms with van der Waals surface area (Å²) >= 11 is 0. The third kappa shape index (κ3) is 3.12. The third-order valence-corrected chi connectivity index (χ3v) is 2.56. The number of nitro benzene ring substituents is 1. The molecule has 0 heterocycles. The molecule has 0 fully saturated rings. The molecule has 0 atom stereocenters. The molecule has 19 heavy (non-hydrogen) atoms. The number of hydrogen-bond acceptors (Lipinski definition) is 5. The fourth-order valence-electron chi connectivity index (χ4n) is 1.66. The molecule has 1 rings (SSSR count). The van der Waals surface area contributed by atoms with E-state index >= 15 is 0 Å². The van der Waals surface area contributed by atoms with Crippen LogP contribution in [0.1, 0.15) is 17.3 Å². The number of anilines is 1. The van der Waals surface area contributed by atoms with Crippen molar-refractivity contribution in [2.75, 3.05) is 32.6 Å². The number of ether oxygens (including phenoxy) is 1. The summed E-state index contributed by atoms with van der Waals surface area (Å²) in [6.07, 6.45) is 0. The minimum atomic E-state index is -0.516. The molecule has 7 nitrogen and oxygen atoms in total. The van der Waals surface area contributed by atoms with Crippen molar-refractivity contribution in [3.63, 3.8) is 0 Å². The van der Waals surface area contributed by atoms with Gasteiger partial charge in [-0.3, -0.25) is 14.9 Å². The van der Waals surface area contributed by atoms with Crippen molar-refractivity contribution in [2.24, 2.45) is 0 Å². The topological polar surface area (TPSA) is 84.7 Å². The summed E-state index contributed by atoms with van der Waals surface area (Å²) < 4.78 is 5.13. The average molecular weight is 267 g/mol. The van der Waals surface area contributed by atoms with Crippen LogP contribution in [0.25, 0.3) is 0 Å². The normalized spacial score (nSPS) is 9.89. The van der Waals surface area contributed by atoms with E-state index in [-0.39, 0.29) is 11.3 Å². The van der Waals surface area contributed by atoms with Crippen LogP contribution in [0, 0.1) is 10.1 Å². The van der Waals surface area contributed by atoms with Crippen LogP contribution in [0.4, 0.5) is 11.4 Å². The van der Waals surface area contributed by atoms with Crippen molar-refractivity contribution >= 4 is 17.3 Å². The second-order valence-electron chi connectivity index (χ2n) is 4.05. The van der Waals surface area contributed by atoms with Gasteiger partial charge in [0.05, 0.1) is 17.6 Å². The number of benzene rings is 1. The second-order valence-corrected chi connectivity index (χ2v) is 4.05. The molecule has 0 aliphatic rings. The minimum absolute atomic E-state index is 0.132. The van der Waals surface area contributed by atoms with Crippen LogP contribution < -0.4 is 15.0 Å². The van der Waals surface area contributed by atoms with Gasteiger partial charge < -0.3 is 15.0 Å². The van der Waals surface area contributed by atoms with E-state index in [2.05, 4.69) is 5.32 Å². The first-order chi connectivity index (χ1) is 8.92. The Morgan fingerprint density at radius 2 is 2.11 bits per heavy atom. The molecule has 0 aliphatic heterocycles. The Balaban J connectivity index is 3.43. The van der Waals surface area contributed by atoms with Crippen molar-refractivity contribution in [3.8, 4) is 5.75 Å². The van der Waals surface area contributed by atoms with Crippen molar-refractivity contribution in [1.82, 2.24) is 5.32 Å². The van der Waals surface area contributed by atoms with Crippen LogP contribution in [0.15, 0.2) is 12.1 Å². The number of hydrogen-bond donors (Lipinski definition) is 1. The molecule has 0 saturated carbocycles. The summed E-state index contributed by atoms with van der Waals surface area (Å²) in [5, 5.41) is 13.7. The quantitative estimate of drug-likeness (QED) is 0.644. The number of nitrogens with zero attached hydrogens (tertiary/aromatic N) is 2.